The van der Waals surface area contributed by atoms with Crippen LogP contribution in [0.3, 0.4) is 0 Å². The van der Waals surface area contributed by atoms with Gasteiger partial charge in [-0.2, -0.15) is 0 Å². The minimum Gasteiger partial charge on any atom is -0.454 e. The van der Waals surface area contributed by atoms with Crippen LogP contribution < -0.4 is 5.32 Å². The number of carbonyl (C=O) groups excluding carboxylic acids is 2. The van der Waals surface area contributed by atoms with Crippen molar-refractivity contribution < 1.29 is 49.3 Å². The summed E-state index contributed by atoms with van der Waals surface area (Å²) in [6, 6.07) is -1.04. The van der Waals surface area contributed by atoms with Gasteiger partial charge in [0.05, 0.1) is 25.4 Å². The summed E-state index contributed by atoms with van der Waals surface area (Å²) in [4.78, 5) is 26.4. The highest BCUT2D eigenvalue weighted by Gasteiger charge is 2.47. The summed E-state index contributed by atoms with van der Waals surface area (Å²) in [6.07, 6.45) is 48.8. The lowest BCUT2D eigenvalue weighted by Gasteiger charge is -2.41. The molecule has 394 valence electrons. The van der Waals surface area contributed by atoms with Crippen molar-refractivity contribution in [3.8, 4) is 0 Å². The average Bonchev–Trinajstić information content (AvgIpc) is 3.34. The number of carbonyl (C=O) groups is 2. The zero-order valence-electron chi connectivity index (χ0n) is 43.1. The van der Waals surface area contributed by atoms with E-state index in [1.165, 1.54) is 38.5 Å². The topological polar surface area (TPSA) is 175 Å². The zero-order chi connectivity index (χ0) is 50.4. The summed E-state index contributed by atoms with van der Waals surface area (Å²) in [7, 11) is 0. The van der Waals surface area contributed by atoms with Gasteiger partial charge in [0, 0.05) is 6.42 Å². The highest BCUT2D eigenvalue weighted by molar-refractivity contribution is 5.80. The van der Waals surface area contributed by atoms with Crippen molar-refractivity contribution in [2.24, 2.45) is 0 Å². The van der Waals surface area contributed by atoms with Crippen LogP contribution in [-0.4, -0.2) is 99.6 Å². The van der Waals surface area contributed by atoms with Crippen LogP contribution in [-0.2, 0) is 23.8 Å². The summed E-state index contributed by atoms with van der Waals surface area (Å²) in [5.74, 6) is -1.24. The van der Waals surface area contributed by atoms with Gasteiger partial charge in [0.2, 0.25) is 5.91 Å². The molecule has 1 rings (SSSR count). The number of esters is 1. The first kappa shape index (κ1) is 63.6. The molecule has 1 heterocycles. The predicted octanol–water partition coefficient (Wildman–Crippen LogP) is 11.6. The molecule has 1 aliphatic rings. The monoisotopic (exact) mass is 968 g/mol. The zero-order valence-corrected chi connectivity index (χ0v) is 43.1. The summed E-state index contributed by atoms with van der Waals surface area (Å²) in [5, 5.41) is 56.7. The number of aliphatic hydroxyl groups excluding tert-OH is 5. The van der Waals surface area contributed by atoms with Gasteiger partial charge in [0.1, 0.15) is 24.4 Å². The first-order chi connectivity index (χ1) is 33.7. The van der Waals surface area contributed by atoms with Crippen molar-refractivity contribution >= 4 is 11.9 Å². The summed E-state index contributed by atoms with van der Waals surface area (Å²) in [6.45, 7) is 5.45. The van der Waals surface area contributed by atoms with Crippen LogP contribution in [0.1, 0.15) is 194 Å². The van der Waals surface area contributed by atoms with Crippen molar-refractivity contribution in [1.29, 1.82) is 0 Å². The van der Waals surface area contributed by atoms with Gasteiger partial charge >= 0.3 is 5.97 Å². The van der Waals surface area contributed by atoms with Crippen molar-refractivity contribution in [2.45, 2.75) is 243 Å². The molecule has 1 fully saturated rings. The fraction of sp³-hybridized carbons (Fsp3) is 0.690. The van der Waals surface area contributed by atoms with Crippen LogP contribution >= 0.6 is 0 Å². The second-order valence-electron chi connectivity index (χ2n) is 18.4. The van der Waals surface area contributed by atoms with E-state index in [1.54, 1.807) is 6.08 Å². The normalized spacial score (nSPS) is 20.6. The molecule has 0 spiro atoms. The fourth-order valence-corrected chi connectivity index (χ4v) is 7.84. The molecular formula is C58H97NO10. The smallest absolute Gasteiger partial charge is 0.306 e. The quantitative estimate of drug-likeness (QED) is 0.0149. The van der Waals surface area contributed by atoms with Gasteiger partial charge in [-0.15, -0.1) is 0 Å². The number of hydrogen-bond donors (Lipinski definition) is 6. The maximum atomic E-state index is 13.3. The Hall–Kier alpha value is -3.42. The number of ether oxygens (including phenoxy) is 3. The Morgan fingerprint density at radius 3 is 1.57 bits per heavy atom. The summed E-state index contributed by atoms with van der Waals surface area (Å²) < 4.78 is 17.5. The van der Waals surface area contributed by atoms with E-state index < -0.39 is 67.4 Å². The third-order valence-electron chi connectivity index (χ3n) is 12.1. The molecule has 69 heavy (non-hydrogen) atoms. The van der Waals surface area contributed by atoms with Gasteiger partial charge in [-0.05, 0) is 64.2 Å². The van der Waals surface area contributed by atoms with E-state index in [0.717, 1.165) is 109 Å². The van der Waals surface area contributed by atoms with Crippen LogP contribution in [0, 0.1) is 0 Å². The third kappa shape index (κ3) is 34.5. The Morgan fingerprint density at radius 2 is 1.04 bits per heavy atom. The molecule has 11 nitrogen and oxygen atoms in total. The molecule has 1 amide bonds. The number of amides is 1. The SMILES string of the molecule is CC/C=C/C=C/C=C/C=C\CCCCCCCC(=O)OC1C(OCC(NC(=O)C(O)CCCCCCCC/C=C/C=C/C=C/CC)C(O)/C=C/CCCCCCCCCCC)OC(CO)C(O)C1O. The van der Waals surface area contributed by atoms with Crippen LogP contribution in [0.15, 0.2) is 97.2 Å². The Kier molecular flexibility index (Phi) is 42.1. The van der Waals surface area contributed by atoms with Crippen LogP contribution in [0.2, 0.25) is 0 Å². The second-order valence-corrected chi connectivity index (χ2v) is 18.4. The van der Waals surface area contributed by atoms with Crippen LogP contribution in [0.5, 0.6) is 0 Å². The molecule has 0 aromatic rings. The van der Waals surface area contributed by atoms with Gasteiger partial charge in [0.15, 0.2) is 12.4 Å². The minimum absolute atomic E-state index is 0.0907. The van der Waals surface area contributed by atoms with E-state index in [-0.39, 0.29) is 19.4 Å². The third-order valence-corrected chi connectivity index (χ3v) is 12.1. The Morgan fingerprint density at radius 1 is 0.580 bits per heavy atom. The summed E-state index contributed by atoms with van der Waals surface area (Å²) >= 11 is 0. The lowest BCUT2D eigenvalue weighted by molar-refractivity contribution is -0.305. The van der Waals surface area contributed by atoms with Gasteiger partial charge in [-0.1, -0.05) is 221 Å². The van der Waals surface area contributed by atoms with E-state index in [2.05, 4.69) is 62.5 Å². The minimum atomic E-state index is -1.63. The molecule has 8 unspecified atom stereocenters. The molecule has 0 bridgehead atoms. The Bertz CT molecular complexity index is 1480. The number of rotatable bonds is 43. The molecule has 0 radical (unpaired) electrons. The molecule has 11 heteroatoms. The number of allylic oxidation sites excluding steroid dienone is 15. The maximum absolute atomic E-state index is 13.3. The standard InChI is InChI=1S/C58H97NO10/c1-4-7-10-13-16-19-22-24-26-28-31-34-37-40-43-46-53(63)69-56-55(65)54(64)52(47-60)68-58(56)67-48-49(50(61)44-41-38-35-32-29-21-18-15-12-9-6-3)59-57(66)51(62)45-42-39-36-33-30-27-25-23-20-17-14-11-8-5-2/h7-8,10-11,13-14,16-17,19-20,22-24,26,41,44,49-52,54-56,58,60-62,64-65H,4-6,9,12,15,18,21,25,27-40,42-43,45-48H2,1-3H3,(H,59,66)/b10-7+,11-8+,16-13+,17-14+,22-19+,23-20+,26-24-,44-41+. The van der Waals surface area contributed by atoms with Gasteiger partial charge < -0.3 is 45.1 Å². The molecule has 1 saturated heterocycles. The maximum Gasteiger partial charge on any atom is 0.306 e. The molecule has 6 N–H and O–H groups in total. The molecule has 1 aliphatic heterocycles. The van der Waals surface area contributed by atoms with Gasteiger partial charge in [0.25, 0.3) is 0 Å². The highest BCUT2D eigenvalue weighted by atomic mass is 16.7. The lowest BCUT2D eigenvalue weighted by Crippen LogP contribution is -2.61. The van der Waals surface area contributed by atoms with E-state index in [0.29, 0.717) is 12.8 Å². The Labute approximate surface area is 418 Å². The van der Waals surface area contributed by atoms with Crippen molar-refractivity contribution in [2.75, 3.05) is 13.2 Å². The number of hydrogen-bond acceptors (Lipinski definition) is 10. The van der Waals surface area contributed by atoms with E-state index in [1.807, 2.05) is 54.7 Å². The summed E-state index contributed by atoms with van der Waals surface area (Å²) in [5.41, 5.74) is 0. The van der Waals surface area contributed by atoms with Gasteiger partial charge in [-0.25, -0.2) is 0 Å². The first-order valence-electron chi connectivity index (χ1n) is 27.1. The molecule has 0 aromatic carbocycles. The van der Waals surface area contributed by atoms with Crippen LogP contribution in [0.25, 0.3) is 0 Å². The van der Waals surface area contributed by atoms with Crippen molar-refractivity contribution in [3.05, 3.63) is 97.2 Å². The lowest BCUT2D eigenvalue weighted by atomic mass is 9.99. The molecule has 0 aliphatic carbocycles. The van der Waals surface area contributed by atoms with E-state index in [4.69, 9.17) is 14.2 Å². The predicted molar refractivity (Wildman–Crippen MR) is 282 cm³/mol. The highest BCUT2D eigenvalue weighted by Crippen LogP contribution is 2.26. The van der Waals surface area contributed by atoms with Crippen molar-refractivity contribution in [3.63, 3.8) is 0 Å². The molecule has 8 atom stereocenters. The average molecular weight is 968 g/mol. The Balaban J connectivity index is 2.78. The van der Waals surface area contributed by atoms with Crippen molar-refractivity contribution in [1.82, 2.24) is 5.32 Å². The first-order valence-corrected chi connectivity index (χ1v) is 27.1. The van der Waals surface area contributed by atoms with Crippen LogP contribution in [0.4, 0.5) is 0 Å². The fourth-order valence-electron chi connectivity index (χ4n) is 7.84. The van der Waals surface area contributed by atoms with E-state index in [9.17, 15) is 35.1 Å². The van der Waals surface area contributed by atoms with E-state index >= 15 is 0 Å². The molecule has 0 aromatic heterocycles. The number of aliphatic hydroxyl groups is 5. The number of unbranched alkanes of at least 4 members (excludes halogenated alkanes) is 20. The largest absolute Gasteiger partial charge is 0.454 e. The molecule has 0 saturated carbocycles. The van der Waals surface area contributed by atoms with Gasteiger partial charge in [-0.3, -0.25) is 9.59 Å². The molecular weight excluding hydrogens is 871 g/mol. The second kappa shape index (κ2) is 45.7. The number of nitrogens with one attached hydrogen (secondary N) is 1.